The van der Waals surface area contributed by atoms with Crippen LogP contribution in [0.2, 0.25) is 0 Å². The van der Waals surface area contributed by atoms with Gasteiger partial charge in [0.15, 0.2) is 12.1 Å². The first-order valence-corrected chi connectivity index (χ1v) is 4.70. The molecule has 1 aromatic rings. The lowest BCUT2D eigenvalue weighted by atomic mass is 10.1. The second-order valence-electron chi connectivity index (χ2n) is 3.31. The van der Waals surface area contributed by atoms with Crippen LogP contribution in [0.1, 0.15) is 22.8 Å². The lowest BCUT2D eigenvalue weighted by Gasteiger charge is -2.02. The second-order valence-corrected chi connectivity index (χ2v) is 3.31. The Bertz CT molecular complexity index is 435. The van der Waals surface area contributed by atoms with Crippen molar-refractivity contribution in [3.05, 3.63) is 35.4 Å². The van der Waals surface area contributed by atoms with Crippen LogP contribution in [0.4, 0.5) is 0 Å². The molecule has 1 atom stereocenters. The minimum atomic E-state index is -1.19. The van der Waals surface area contributed by atoms with E-state index in [1.165, 1.54) is 25.1 Å². The zero-order valence-electron chi connectivity index (χ0n) is 8.75. The molecular weight excluding hydrogens is 208 g/mol. The van der Waals surface area contributed by atoms with Crippen LogP contribution in [0.25, 0.3) is 6.08 Å². The summed E-state index contributed by atoms with van der Waals surface area (Å²) in [5.74, 6) is -0.515. The molecule has 0 saturated heterocycles. The molecule has 0 fully saturated rings. The van der Waals surface area contributed by atoms with Crippen molar-refractivity contribution in [2.24, 2.45) is 0 Å². The van der Waals surface area contributed by atoms with Crippen molar-refractivity contribution in [1.82, 2.24) is 0 Å². The number of Topliss-reactive ketones (excluding diaryl/α,β-unsaturated/α-hetero) is 1. The van der Waals surface area contributed by atoms with Crippen LogP contribution in [0, 0.1) is 0 Å². The van der Waals surface area contributed by atoms with Crippen molar-refractivity contribution in [3.63, 3.8) is 0 Å². The topological polar surface area (TPSA) is 74.6 Å². The van der Waals surface area contributed by atoms with E-state index < -0.39 is 6.10 Å². The third-order valence-corrected chi connectivity index (χ3v) is 2.11. The van der Waals surface area contributed by atoms with Crippen LogP contribution >= 0.6 is 0 Å². The van der Waals surface area contributed by atoms with E-state index >= 15 is 0 Å². The van der Waals surface area contributed by atoms with Gasteiger partial charge in [-0.05, 0) is 24.6 Å². The summed E-state index contributed by atoms with van der Waals surface area (Å²) in [6.07, 6.45) is 2.02. The monoisotopic (exact) mass is 220 g/mol. The highest BCUT2D eigenvalue weighted by Crippen LogP contribution is 2.20. The number of hydrogen-bond donors (Lipinski definition) is 2. The Labute approximate surface area is 92.8 Å². The molecule has 0 amide bonds. The van der Waals surface area contributed by atoms with Gasteiger partial charge in [0.2, 0.25) is 0 Å². The Hall–Kier alpha value is -1.94. The Balaban J connectivity index is 3.01. The van der Waals surface area contributed by atoms with Gasteiger partial charge in [0.25, 0.3) is 0 Å². The lowest BCUT2D eigenvalue weighted by molar-refractivity contribution is -0.122. The number of aromatic hydroxyl groups is 1. The van der Waals surface area contributed by atoms with Crippen LogP contribution in [0.5, 0.6) is 5.75 Å². The van der Waals surface area contributed by atoms with Crippen LogP contribution in [-0.4, -0.2) is 28.4 Å². The minimum Gasteiger partial charge on any atom is -0.507 e. The maximum absolute atomic E-state index is 10.8. The summed E-state index contributed by atoms with van der Waals surface area (Å²) in [6.45, 7) is 1.26. The molecule has 1 rings (SSSR count). The summed E-state index contributed by atoms with van der Waals surface area (Å²) in [4.78, 5) is 21.5. The normalized spacial score (nSPS) is 12.6. The first-order chi connectivity index (χ1) is 7.56. The summed E-state index contributed by atoms with van der Waals surface area (Å²) >= 11 is 0. The second kappa shape index (κ2) is 5.23. The third kappa shape index (κ3) is 2.77. The number of phenols is 1. The fraction of sp³-hybridized carbons (Fsp3) is 0.167. The van der Waals surface area contributed by atoms with Gasteiger partial charge in [-0.3, -0.25) is 9.59 Å². The number of aliphatic hydroxyl groups excluding tert-OH is 1. The maximum atomic E-state index is 10.8. The summed E-state index contributed by atoms with van der Waals surface area (Å²) in [6, 6.07) is 4.57. The standard InChI is InChI=1S/C12H12O4/c1-8(14)11(15)6-5-9-3-2-4-12(16)10(9)7-13/h2-7,11,15-16H,1H3/b6-5+/t11-/m1/s1. The average Bonchev–Trinajstić information content (AvgIpc) is 2.25. The molecule has 0 aromatic heterocycles. The van der Waals surface area contributed by atoms with Gasteiger partial charge in [0.05, 0.1) is 5.56 Å². The number of rotatable bonds is 4. The Morgan fingerprint density at radius 3 is 2.69 bits per heavy atom. The molecule has 4 nitrogen and oxygen atoms in total. The Morgan fingerprint density at radius 2 is 2.12 bits per heavy atom. The number of aliphatic hydroxyl groups is 1. The zero-order valence-corrected chi connectivity index (χ0v) is 8.75. The van der Waals surface area contributed by atoms with E-state index in [-0.39, 0.29) is 17.1 Å². The molecule has 84 valence electrons. The molecule has 4 heteroatoms. The fourth-order valence-electron chi connectivity index (χ4n) is 1.17. The quantitative estimate of drug-likeness (QED) is 0.747. The number of hydrogen-bond acceptors (Lipinski definition) is 4. The van der Waals surface area contributed by atoms with Crippen molar-refractivity contribution in [2.75, 3.05) is 0 Å². The van der Waals surface area contributed by atoms with E-state index in [1.807, 2.05) is 0 Å². The van der Waals surface area contributed by atoms with Crippen LogP contribution in [0.3, 0.4) is 0 Å². The first-order valence-electron chi connectivity index (χ1n) is 4.70. The number of ketones is 1. The van der Waals surface area contributed by atoms with Crippen molar-refractivity contribution in [2.45, 2.75) is 13.0 Å². The summed E-state index contributed by atoms with van der Waals surface area (Å²) in [7, 11) is 0. The molecule has 2 N–H and O–H groups in total. The number of aldehydes is 1. The molecule has 0 spiro atoms. The summed E-state index contributed by atoms with van der Waals surface area (Å²) in [5.41, 5.74) is 0.588. The van der Waals surface area contributed by atoms with Gasteiger partial charge in [-0.2, -0.15) is 0 Å². The van der Waals surface area contributed by atoms with Gasteiger partial charge in [0.1, 0.15) is 11.9 Å². The van der Waals surface area contributed by atoms with Gasteiger partial charge >= 0.3 is 0 Å². The fourth-order valence-corrected chi connectivity index (χ4v) is 1.17. The number of benzene rings is 1. The highest BCUT2D eigenvalue weighted by atomic mass is 16.3. The first kappa shape index (κ1) is 12.1. The smallest absolute Gasteiger partial charge is 0.162 e. The highest BCUT2D eigenvalue weighted by Gasteiger charge is 2.06. The SMILES string of the molecule is CC(=O)[C@H](O)/C=C/c1cccc(O)c1C=O. The summed E-state index contributed by atoms with van der Waals surface area (Å²) < 4.78 is 0. The van der Waals surface area contributed by atoms with Crippen LogP contribution in [0.15, 0.2) is 24.3 Å². The van der Waals surface area contributed by atoms with E-state index in [2.05, 4.69) is 0 Å². The molecule has 1 aromatic carbocycles. The average molecular weight is 220 g/mol. The predicted octanol–water partition coefficient (Wildman–Crippen LogP) is 1.17. The molecule has 0 heterocycles. The van der Waals surface area contributed by atoms with E-state index in [9.17, 15) is 19.8 Å². The van der Waals surface area contributed by atoms with Crippen LogP contribution < -0.4 is 0 Å². The molecule has 0 saturated carbocycles. The Kier molecular flexibility index (Phi) is 3.96. The number of carbonyl (C=O) groups is 2. The van der Waals surface area contributed by atoms with Crippen molar-refractivity contribution in [1.29, 1.82) is 0 Å². The largest absolute Gasteiger partial charge is 0.507 e. The lowest BCUT2D eigenvalue weighted by Crippen LogP contribution is -2.12. The van der Waals surface area contributed by atoms with E-state index in [1.54, 1.807) is 12.1 Å². The van der Waals surface area contributed by atoms with Crippen molar-refractivity contribution < 1.29 is 19.8 Å². The molecule has 0 radical (unpaired) electrons. The van der Waals surface area contributed by atoms with E-state index in [4.69, 9.17) is 0 Å². The molecule has 0 bridgehead atoms. The highest BCUT2D eigenvalue weighted by molar-refractivity contribution is 5.87. The number of carbonyl (C=O) groups excluding carboxylic acids is 2. The van der Waals surface area contributed by atoms with Crippen LogP contribution in [-0.2, 0) is 4.79 Å². The molecule has 0 aliphatic heterocycles. The maximum Gasteiger partial charge on any atom is 0.162 e. The molecule has 0 unspecified atom stereocenters. The van der Waals surface area contributed by atoms with E-state index in [0.29, 0.717) is 11.8 Å². The van der Waals surface area contributed by atoms with Gasteiger partial charge in [-0.15, -0.1) is 0 Å². The zero-order chi connectivity index (χ0) is 12.1. The van der Waals surface area contributed by atoms with Gasteiger partial charge in [0, 0.05) is 0 Å². The van der Waals surface area contributed by atoms with Gasteiger partial charge in [-0.1, -0.05) is 18.2 Å². The third-order valence-electron chi connectivity index (χ3n) is 2.11. The molecular formula is C12H12O4. The summed E-state index contributed by atoms with van der Waals surface area (Å²) in [5, 5.41) is 18.6. The minimum absolute atomic E-state index is 0.130. The van der Waals surface area contributed by atoms with Gasteiger partial charge in [-0.25, -0.2) is 0 Å². The number of phenolic OH excluding ortho intramolecular Hbond substituents is 1. The Morgan fingerprint density at radius 1 is 1.44 bits per heavy atom. The molecule has 0 aliphatic carbocycles. The van der Waals surface area contributed by atoms with E-state index in [0.717, 1.165) is 0 Å². The van der Waals surface area contributed by atoms with Gasteiger partial charge < -0.3 is 10.2 Å². The molecule has 16 heavy (non-hydrogen) atoms. The molecule has 0 aliphatic rings. The van der Waals surface area contributed by atoms with Crippen molar-refractivity contribution in [3.8, 4) is 5.75 Å². The predicted molar refractivity (Wildman–Crippen MR) is 59.2 cm³/mol. The van der Waals surface area contributed by atoms with Crippen molar-refractivity contribution >= 4 is 18.1 Å².